The summed E-state index contributed by atoms with van der Waals surface area (Å²) in [7, 11) is 0. The van der Waals surface area contributed by atoms with Crippen molar-refractivity contribution < 1.29 is 18.4 Å². The third-order valence-corrected chi connectivity index (χ3v) is 2.88. The molecule has 3 aromatic rings. The first-order chi connectivity index (χ1) is 12.2. The summed E-state index contributed by atoms with van der Waals surface area (Å²) >= 11 is 0. The topological polar surface area (TPSA) is 138 Å². The fourth-order valence-corrected chi connectivity index (χ4v) is 1.79. The summed E-state index contributed by atoms with van der Waals surface area (Å²) in [5, 5.41) is 7.45. The van der Waals surface area contributed by atoms with Crippen molar-refractivity contribution in [3.8, 4) is 0 Å². The second-order valence-electron chi connectivity index (χ2n) is 4.56. The van der Waals surface area contributed by atoms with E-state index in [9.17, 15) is 9.59 Å². The molecule has 3 N–H and O–H groups in total. The van der Waals surface area contributed by atoms with Crippen molar-refractivity contribution in [1.29, 1.82) is 0 Å². The van der Waals surface area contributed by atoms with E-state index in [1.165, 1.54) is 31.3 Å². The number of aromatic nitrogens is 2. The van der Waals surface area contributed by atoms with Gasteiger partial charge < -0.3 is 13.8 Å². The van der Waals surface area contributed by atoms with Gasteiger partial charge in [-0.05, 0) is 24.3 Å². The molecular weight excluding hydrogens is 328 g/mol. The minimum absolute atomic E-state index is 0.0534. The van der Waals surface area contributed by atoms with Crippen LogP contribution in [0.2, 0.25) is 0 Å². The predicted molar refractivity (Wildman–Crippen MR) is 86.1 cm³/mol. The number of imidazole rings is 1. The molecule has 0 aromatic carbocycles. The van der Waals surface area contributed by atoms with Gasteiger partial charge >= 0.3 is 0 Å². The van der Waals surface area contributed by atoms with Crippen molar-refractivity contribution in [2.24, 2.45) is 10.2 Å². The van der Waals surface area contributed by atoms with Crippen molar-refractivity contribution in [1.82, 2.24) is 20.8 Å². The van der Waals surface area contributed by atoms with Crippen LogP contribution in [0.4, 0.5) is 0 Å². The first-order valence-electron chi connectivity index (χ1n) is 7.01. The van der Waals surface area contributed by atoms with E-state index in [0.29, 0.717) is 11.5 Å². The highest BCUT2D eigenvalue weighted by atomic mass is 16.3. The summed E-state index contributed by atoms with van der Waals surface area (Å²) in [6.07, 6.45) is 6.81. The number of nitrogens with one attached hydrogen (secondary N) is 3. The summed E-state index contributed by atoms with van der Waals surface area (Å²) in [5.74, 6) is -0.368. The molecule has 3 aromatic heterocycles. The lowest BCUT2D eigenvalue weighted by atomic mass is 10.3. The van der Waals surface area contributed by atoms with Gasteiger partial charge in [0.05, 0.1) is 31.3 Å². The van der Waals surface area contributed by atoms with Crippen LogP contribution in [0.1, 0.15) is 32.5 Å². The monoisotopic (exact) mass is 340 g/mol. The lowest BCUT2D eigenvalue weighted by Crippen LogP contribution is -2.25. The predicted octanol–water partition coefficient (Wildman–Crippen LogP) is 1.12. The van der Waals surface area contributed by atoms with Gasteiger partial charge in [-0.15, -0.1) is 0 Å². The van der Waals surface area contributed by atoms with Crippen LogP contribution in [0.15, 0.2) is 62.2 Å². The quantitative estimate of drug-likeness (QED) is 0.456. The van der Waals surface area contributed by atoms with Crippen molar-refractivity contribution in [3.05, 3.63) is 66.0 Å². The Kier molecular flexibility index (Phi) is 4.81. The van der Waals surface area contributed by atoms with Gasteiger partial charge in [-0.3, -0.25) is 9.59 Å². The Morgan fingerprint density at radius 2 is 1.60 bits per heavy atom. The number of H-pyrrole nitrogens is 1. The number of carbonyl (C=O) groups excluding carboxylic acids is 2. The van der Waals surface area contributed by atoms with Gasteiger partial charge in [0.15, 0.2) is 5.69 Å². The third kappa shape index (κ3) is 4.07. The summed E-state index contributed by atoms with van der Waals surface area (Å²) in [4.78, 5) is 30.5. The van der Waals surface area contributed by atoms with E-state index in [1.807, 2.05) is 0 Å². The highest BCUT2D eigenvalue weighted by Crippen LogP contribution is 2.03. The first-order valence-corrected chi connectivity index (χ1v) is 7.01. The summed E-state index contributed by atoms with van der Waals surface area (Å²) in [5.41, 5.74) is 4.34. The molecule has 126 valence electrons. The zero-order valence-electron chi connectivity index (χ0n) is 12.7. The molecule has 0 bridgehead atoms. The van der Waals surface area contributed by atoms with E-state index >= 15 is 0 Å². The van der Waals surface area contributed by atoms with Crippen LogP contribution >= 0.6 is 0 Å². The number of nitrogens with zero attached hydrogens (tertiary/aromatic N) is 3. The number of amides is 2. The summed E-state index contributed by atoms with van der Waals surface area (Å²) in [6.45, 7) is 0. The Labute approximate surface area is 140 Å². The van der Waals surface area contributed by atoms with Gasteiger partial charge in [-0.2, -0.15) is 10.2 Å². The molecule has 0 atom stereocenters. The van der Waals surface area contributed by atoms with Crippen molar-refractivity contribution in [2.75, 3.05) is 0 Å². The molecule has 10 nitrogen and oxygen atoms in total. The number of rotatable bonds is 6. The van der Waals surface area contributed by atoms with Crippen LogP contribution in [0.3, 0.4) is 0 Å². The van der Waals surface area contributed by atoms with Gasteiger partial charge in [0.1, 0.15) is 17.2 Å². The van der Waals surface area contributed by atoms with E-state index in [4.69, 9.17) is 8.83 Å². The Bertz CT molecular complexity index is 820. The maximum atomic E-state index is 12.1. The largest absolute Gasteiger partial charge is 0.463 e. The molecule has 10 heteroatoms. The van der Waals surface area contributed by atoms with Crippen molar-refractivity contribution in [2.45, 2.75) is 0 Å². The van der Waals surface area contributed by atoms with Gasteiger partial charge in [0.25, 0.3) is 11.8 Å². The van der Waals surface area contributed by atoms with Crippen LogP contribution in [0, 0.1) is 0 Å². The van der Waals surface area contributed by atoms with E-state index in [1.54, 1.807) is 24.3 Å². The van der Waals surface area contributed by atoms with Crippen LogP contribution in [-0.2, 0) is 0 Å². The van der Waals surface area contributed by atoms with Crippen LogP contribution in [-0.4, -0.2) is 34.2 Å². The number of aromatic amines is 1. The molecule has 0 aliphatic heterocycles. The number of hydrazone groups is 2. The Morgan fingerprint density at radius 1 is 1.00 bits per heavy atom. The normalized spacial score (nSPS) is 11.2. The number of furan rings is 2. The lowest BCUT2D eigenvalue weighted by Gasteiger charge is -2.00. The molecular formula is C15H12N6O4. The average Bonchev–Trinajstić information content (AvgIpc) is 3.36. The summed E-state index contributed by atoms with van der Waals surface area (Å²) < 4.78 is 10.1. The average molecular weight is 340 g/mol. The Morgan fingerprint density at radius 3 is 2.16 bits per heavy atom. The number of hydrogen-bond donors (Lipinski definition) is 3. The highest BCUT2D eigenvalue weighted by molar-refractivity contribution is 6.05. The van der Waals surface area contributed by atoms with Crippen LogP contribution in [0.5, 0.6) is 0 Å². The third-order valence-electron chi connectivity index (χ3n) is 2.88. The van der Waals surface area contributed by atoms with Gasteiger partial charge in [0, 0.05) is 0 Å². The van der Waals surface area contributed by atoms with Crippen molar-refractivity contribution >= 4 is 24.2 Å². The maximum Gasteiger partial charge on any atom is 0.292 e. The zero-order valence-corrected chi connectivity index (χ0v) is 12.7. The van der Waals surface area contributed by atoms with Crippen LogP contribution < -0.4 is 10.9 Å². The number of hydrogen-bond acceptors (Lipinski definition) is 7. The van der Waals surface area contributed by atoms with E-state index in [2.05, 4.69) is 31.0 Å². The van der Waals surface area contributed by atoms with Gasteiger partial charge in [0.2, 0.25) is 0 Å². The highest BCUT2D eigenvalue weighted by Gasteiger charge is 2.19. The molecule has 0 saturated heterocycles. The lowest BCUT2D eigenvalue weighted by molar-refractivity contribution is 0.0915. The van der Waals surface area contributed by atoms with E-state index in [0.717, 1.165) is 0 Å². The smallest absolute Gasteiger partial charge is 0.292 e. The molecule has 0 saturated carbocycles. The minimum atomic E-state index is -0.663. The molecule has 3 heterocycles. The molecule has 0 radical (unpaired) electrons. The molecule has 0 spiro atoms. The van der Waals surface area contributed by atoms with Crippen LogP contribution in [0.25, 0.3) is 0 Å². The molecule has 0 aliphatic rings. The van der Waals surface area contributed by atoms with E-state index in [-0.39, 0.29) is 11.4 Å². The second-order valence-corrected chi connectivity index (χ2v) is 4.56. The Hall–Kier alpha value is -3.95. The molecule has 3 rings (SSSR count). The maximum absolute atomic E-state index is 12.1. The molecule has 0 unspecified atom stereocenters. The standard InChI is InChI=1S/C15H12N6O4/c22-14(20-18-7-10-3-1-5-24-10)12-13(17-9-16-12)15(23)21-19-8-11-4-2-6-25-11/h1-9H,(H,16,17)(H,20,22)(H,21,23)/b18-7+,19-8+. The molecule has 0 fully saturated rings. The SMILES string of the molecule is O=C(N/N=C/c1ccco1)c1nc[nH]c1C(=O)N/N=C/c1ccco1. The fourth-order valence-electron chi connectivity index (χ4n) is 1.79. The van der Waals surface area contributed by atoms with E-state index < -0.39 is 11.8 Å². The number of carbonyl (C=O) groups is 2. The fraction of sp³-hybridized carbons (Fsp3) is 0. The van der Waals surface area contributed by atoms with Crippen molar-refractivity contribution in [3.63, 3.8) is 0 Å². The van der Waals surface area contributed by atoms with Gasteiger partial charge in [-0.25, -0.2) is 15.8 Å². The molecule has 25 heavy (non-hydrogen) atoms. The molecule has 0 aliphatic carbocycles. The Balaban J connectivity index is 1.61. The minimum Gasteiger partial charge on any atom is -0.463 e. The second kappa shape index (κ2) is 7.55. The molecule has 2 amide bonds. The zero-order chi connectivity index (χ0) is 17.5. The van der Waals surface area contributed by atoms with Gasteiger partial charge in [-0.1, -0.05) is 0 Å². The first kappa shape index (κ1) is 15.9. The summed E-state index contributed by atoms with van der Waals surface area (Å²) in [6, 6.07) is 6.70.